The summed E-state index contributed by atoms with van der Waals surface area (Å²) < 4.78 is 0. The molecule has 1 unspecified atom stereocenters. The molecule has 0 aromatic heterocycles. The first-order valence-corrected chi connectivity index (χ1v) is 10.7. The third-order valence-electron chi connectivity index (χ3n) is 5.54. The van der Waals surface area contributed by atoms with E-state index in [-0.39, 0.29) is 12.3 Å². The molecule has 0 heterocycles. The van der Waals surface area contributed by atoms with Gasteiger partial charge in [-0.15, -0.1) is 0 Å². The number of amides is 1. The number of primary amides is 1. The number of rotatable bonds is 17. The van der Waals surface area contributed by atoms with Crippen LogP contribution < -0.4 is 5.73 Å². The SMILES string of the molecule is CCCCCCN(CC)[C@](CCCC)(C(=O)O)C(CCCC)CC(N)=O. The van der Waals surface area contributed by atoms with E-state index in [1.807, 2.05) is 6.92 Å². The molecule has 0 bridgehead atoms. The highest BCUT2D eigenvalue weighted by molar-refractivity contribution is 5.81. The van der Waals surface area contributed by atoms with Gasteiger partial charge < -0.3 is 10.8 Å². The maximum Gasteiger partial charge on any atom is 0.324 e. The Bertz CT molecular complexity index is 401. The lowest BCUT2D eigenvalue weighted by atomic mass is 9.73. The summed E-state index contributed by atoms with van der Waals surface area (Å²) in [4.78, 5) is 26.5. The lowest BCUT2D eigenvalue weighted by Crippen LogP contribution is -2.60. The summed E-state index contributed by atoms with van der Waals surface area (Å²) in [6, 6.07) is 0. The molecule has 2 atom stereocenters. The number of carbonyl (C=O) groups is 2. The lowest BCUT2D eigenvalue weighted by molar-refractivity contribution is -0.158. The Kier molecular flexibility index (Phi) is 13.4. The molecule has 0 aliphatic rings. The molecule has 154 valence electrons. The van der Waals surface area contributed by atoms with Crippen LogP contribution in [-0.2, 0) is 9.59 Å². The molecule has 3 N–H and O–H groups in total. The van der Waals surface area contributed by atoms with E-state index in [2.05, 4.69) is 25.7 Å². The summed E-state index contributed by atoms with van der Waals surface area (Å²) in [7, 11) is 0. The van der Waals surface area contributed by atoms with Gasteiger partial charge in [0.15, 0.2) is 0 Å². The second-order valence-electron chi connectivity index (χ2n) is 7.48. The Balaban J connectivity index is 5.74. The van der Waals surface area contributed by atoms with Crippen molar-refractivity contribution in [2.24, 2.45) is 11.7 Å². The van der Waals surface area contributed by atoms with Gasteiger partial charge in [0.1, 0.15) is 5.54 Å². The van der Waals surface area contributed by atoms with Crippen molar-refractivity contribution in [2.75, 3.05) is 13.1 Å². The molecule has 0 aromatic carbocycles. The summed E-state index contributed by atoms with van der Waals surface area (Å²) in [6.45, 7) is 9.84. The first-order valence-electron chi connectivity index (χ1n) is 10.7. The number of carboxylic acids is 1. The van der Waals surface area contributed by atoms with E-state index in [4.69, 9.17) is 5.73 Å². The predicted octanol–water partition coefficient (Wildman–Crippen LogP) is 4.58. The average molecular weight is 371 g/mol. The topological polar surface area (TPSA) is 83.6 Å². The summed E-state index contributed by atoms with van der Waals surface area (Å²) in [5, 5.41) is 10.3. The molecule has 0 saturated carbocycles. The van der Waals surface area contributed by atoms with Gasteiger partial charge in [0.2, 0.25) is 5.91 Å². The number of carboxylic acid groups (broad SMARTS) is 1. The highest BCUT2D eigenvalue weighted by atomic mass is 16.4. The van der Waals surface area contributed by atoms with Gasteiger partial charge in [0.05, 0.1) is 0 Å². The number of nitrogens with zero attached hydrogens (tertiary/aromatic N) is 1. The van der Waals surface area contributed by atoms with Gasteiger partial charge in [-0.05, 0) is 38.3 Å². The van der Waals surface area contributed by atoms with E-state index in [1.165, 1.54) is 6.42 Å². The first kappa shape index (κ1) is 24.9. The van der Waals surface area contributed by atoms with Crippen molar-refractivity contribution in [3.63, 3.8) is 0 Å². The molecule has 5 nitrogen and oxygen atoms in total. The quantitative estimate of drug-likeness (QED) is 0.367. The summed E-state index contributed by atoms with van der Waals surface area (Å²) in [5.41, 5.74) is 4.54. The Morgan fingerprint density at radius 3 is 2.04 bits per heavy atom. The van der Waals surface area contributed by atoms with Crippen LogP contribution in [-0.4, -0.2) is 40.5 Å². The molecule has 0 rings (SSSR count). The van der Waals surface area contributed by atoms with Crippen LogP contribution >= 0.6 is 0 Å². The van der Waals surface area contributed by atoms with Crippen LogP contribution in [0.2, 0.25) is 0 Å². The van der Waals surface area contributed by atoms with Gasteiger partial charge in [0, 0.05) is 6.42 Å². The van der Waals surface area contributed by atoms with E-state index in [9.17, 15) is 14.7 Å². The van der Waals surface area contributed by atoms with E-state index in [1.54, 1.807) is 0 Å². The first-order chi connectivity index (χ1) is 12.4. The average Bonchev–Trinajstić information content (AvgIpc) is 2.60. The highest BCUT2D eigenvalue weighted by Gasteiger charge is 2.49. The number of carbonyl (C=O) groups excluding carboxylic acids is 1. The summed E-state index contributed by atoms with van der Waals surface area (Å²) in [5.74, 6) is -1.41. The molecular weight excluding hydrogens is 328 g/mol. The van der Waals surface area contributed by atoms with Crippen molar-refractivity contribution in [2.45, 2.75) is 104 Å². The fourth-order valence-corrected chi connectivity index (χ4v) is 4.06. The zero-order valence-corrected chi connectivity index (χ0v) is 17.6. The van der Waals surface area contributed by atoms with Crippen LogP contribution in [0.4, 0.5) is 0 Å². The van der Waals surface area contributed by atoms with Gasteiger partial charge in [-0.2, -0.15) is 0 Å². The molecule has 0 spiro atoms. The minimum Gasteiger partial charge on any atom is -0.480 e. The number of hydrogen-bond acceptors (Lipinski definition) is 3. The van der Waals surface area contributed by atoms with Gasteiger partial charge >= 0.3 is 5.97 Å². The Labute approximate surface area is 160 Å². The molecule has 0 radical (unpaired) electrons. The van der Waals surface area contributed by atoms with Crippen LogP contribution in [0.3, 0.4) is 0 Å². The maximum absolute atomic E-state index is 12.6. The smallest absolute Gasteiger partial charge is 0.324 e. The molecule has 0 saturated heterocycles. The minimum atomic E-state index is -0.985. The van der Waals surface area contributed by atoms with Crippen LogP contribution in [0, 0.1) is 5.92 Å². The molecule has 0 fully saturated rings. The number of unbranched alkanes of at least 4 members (excludes halogenated alkanes) is 5. The third kappa shape index (κ3) is 7.65. The lowest BCUT2D eigenvalue weighted by Gasteiger charge is -2.46. The largest absolute Gasteiger partial charge is 0.480 e. The van der Waals surface area contributed by atoms with Gasteiger partial charge in [-0.3, -0.25) is 14.5 Å². The second kappa shape index (κ2) is 14.0. The van der Waals surface area contributed by atoms with E-state index < -0.39 is 17.4 Å². The Hall–Kier alpha value is -1.10. The number of nitrogens with two attached hydrogens (primary N) is 1. The van der Waals surface area contributed by atoms with E-state index >= 15 is 0 Å². The Morgan fingerprint density at radius 2 is 1.58 bits per heavy atom. The van der Waals surface area contributed by atoms with Gasteiger partial charge in [-0.1, -0.05) is 72.6 Å². The molecule has 5 heteroatoms. The number of likely N-dealkylation sites (N-methyl/N-ethyl adjacent to an activating group) is 1. The highest BCUT2D eigenvalue weighted by Crippen LogP contribution is 2.37. The zero-order chi connectivity index (χ0) is 20.0. The molecular formula is C21H42N2O3. The van der Waals surface area contributed by atoms with Gasteiger partial charge in [0.25, 0.3) is 0 Å². The standard InChI is InChI=1S/C21H42N2O3/c1-5-9-12-13-16-23(8-4)21(20(25)26,15-11-7-3)18(14-10-6-2)17-19(22)24/h18H,5-17H2,1-4H3,(H2,22,24)(H,25,26)/t18?,21-/m0/s1. The van der Waals surface area contributed by atoms with Crippen molar-refractivity contribution < 1.29 is 14.7 Å². The normalized spacial score (nSPS) is 15.0. The molecule has 0 aliphatic heterocycles. The zero-order valence-electron chi connectivity index (χ0n) is 17.6. The molecule has 1 amide bonds. The summed E-state index contributed by atoms with van der Waals surface area (Å²) >= 11 is 0. The molecule has 26 heavy (non-hydrogen) atoms. The second-order valence-corrected chi connectivity index (χ2v) is 7.48. The van der Waals surface area contributed by atoms with Gasteiger partial charge in [-0.25, -0.2) is 0 Å². The van der Waals surface area contributed by atoms with E-state index in [0.29, 0.717) is 13.0 Å². The molecule has 0 aliphatic carbocycles. The fraction of sp³-hybridized carbons (Fsp3) is 0.905. The number of aliphatic carboxylic acids is 1. The fourth-order valence-electron chi connectivity index (χ4n) is 4.06. The maximum atomic E-state index is 12.6. The Morgan fingerprint density at radius 1 is 0.962 bits per heavy atom. The van der Waals surface area contributed by atoms with Crippen LogP contribution in [0.1, 0.15) is 98.3 Å². The van der Waals surface area contributed by atoms with Crippen LogP contribution in [0.15, 0.2) is 0 Å². The monoisotopic (exact) mass is 370 g/mol. The van der Waals surface area contributed by atoms with Crippen molar-refractivity contribution in [1.82, 2.24) is 4.90 Å². The van der Waals surface area contributed by atoms with Crippen molar-refractivity contribution in [3.8, 4) is 0 Å². The van der Waals surface area contributed by atoms with Crippen molar-refractivity contribution in [3.05, 3.63) is 0 Å². The predicted molar refractivity (Wildman–Crippen MR) is 108 cm³/mol. The minimum absolute atomic E-state index is 0.154. The van der Waals surface area contributed by atoms with Crippen LogP contribution in [0.25, 0.3) is 0 Å². The number of hydrogen-bond donors (Lipinski definition) is 2. The van der Waals surface area contributed by atoms with E-state index in [0.717, 1.165) is 57.9 Å². The van der Waals surface area contributed by atoms with Crippen LogP contribution in [0.5, 0.6) is 0 Å². The van der Waals surface area contributed by atoms with Crippen molar-refractivity contribution in [1.29, 1.82) is 0 Å². The summed E-state index contributed by atoms with van der Waals surface area (Å²) in [6.07, 6.45) is 9.63. The van der Waals surface area contributed by atoms with Crippen molar-refractivity contribution >= 4 is 11.9 Å². The molecule has 0 aromatic rings. The third-order valence-corrected chi connectivity index (χ3v) is 5.54.